The summed E-state index contributed by atoms with van der Waals surface area (Å²) >= 11 is 0. The van der Waals surface area contributed by atoms with E-state index >= 15 is 0 Å². The van der Waals surface area contributed by atoms with Gasteiger partial charge in [0.2, 0.25) is 10.0 Å². The first-order chi connectivity index (χ1) is 14.3. The van der Waals surface area contributed by atoms with E-state index in [1.54, 1.807) is 16.4 Å². The Morgan fingerprint density at radius 1 is 1.03 bits per heavy atom. The predicted molar refractivity (Wildman–Crippen MR) is 117 cm³/mol. The molecule has 1 unspecified atom stereocenters. The van der Waals surface area contributed by atoms with Crippen molar-refractivity contribution in [3.63, 3.8) is 0 Å². The number of benzene rings is 2. The van der Waals surface area contributed by atoms with Gasteiger partial charge in [-0.1, -0.05) is 29.8 Å². The maximum atomic E-state index is 13.1. The van der Waals surface area contributed by atoms with Crippen LogP contribution in [-0.2, 0) is 10.0 Å². The van der Waals surface area contributed by atoms with Crippen molar-refractivity contribution in [1.82, 2.24) is 19.2 Å². The van der Waals surface area contributed by atoms with Crippen molar-refractivity contribution < 1.29 is 8.42 Å². The van der Waals surface area contributed by atoms with Crippen molar-refractivity contribution in [1.29, 1.82) is 0 Å². The number of para-hydroxylation sites is 1. The van der Waals surface area contributed by atoms with Crippen molar-refractivity contribution in [2.24, 2.45) is 0 Å². The van der Waals surface area contributed by atoms with Gasteiger partial charge in [0, 0.05) is 26.2 Å². The smallest absolute Gasteiger partial charge is 0.258 e. The largest absolute Gasteiger partial charge is 0.309 e. The Labute approximate surface area is 176 Å². The van der Waals surface area contributed by atoms with Gasteiger partial charge in [-0.25, -0.2) is 13.4 Å². The number of aromatic amines is 1. The van der Waals surface area contributed by atoms with Crippen molar-refractivity contribution in [3.05, 3.63) is 69.8 Å². The molecule has 7 nitrogen and oxygen atoms in total. The Morgan fingerprint density at radius 3 is 2.43 bits per heavy atom. The summed E-state index contributed by atoms with van der Waals surface area (Å²) in [6.45, 7) is 7.72. The number of sulfonamides is 1. The van der Waals surface area contributed by atoms with Gasteiger partial charge in [0.05, 0.1) is 21.8 Å². The van der Waals surface area contributed by atoms with E-state index in [0.29, 0.717) is 47.8 Å². The van der Waals surface area contributed by atoms with Crippen LogP contribution in [0.2, 0.25) is 0 Å². The third-order valence-corrected chi connectivity index (χ3v) is 7.85. The average Bonchev–Trinajstić information content (AvgIpc) is 2.73. The highest BCUT2D eigenvalue weighted by molar-refractivity contribution is 7.89. The third-order valence-electron chi connectivity index (χ3n) is 5.80. The van der Waals surface area contributed by atoms with E-state index in [9.17, 15) is 13.2 Å². The summed E-state index contributed by atoms with van der Waals surface area (Å²) in [4.78, 5) is 22.4. The molecular formula is C22H26N4O3S. The summed E-state index contributed by atoms with van der Waals surface area (Å²) in [5.74, 6) is 0.601. The van der Waals surface area contributed by atoms with E-state index in [-0.39, 0.29) is 11.6 Å². The summed E-state index contributed by atoms with van der Waals surface area (Å²) in [6.07, 6.45) is 0. The first-order valence-electron chi connectivity index (χ1n) is 10.1. The Morgan fingerprint density at radius 2 is 1.73 bits per heavy atom. The van der Waals surface area contributed by atoms with Gasteiger partial charge in [0.25, 0.3) is 5.56 Å². The zero-order chi connectivity index (χ0) is 21.5. The molecule has 1 aliphatic heterocycles. The van der Waals surface area contributed by atoms with Crippen LogP contribution in [0.1, 0.15) is 29.9 Å². The molecule has 2 aromatic carbocycles. The molecule has 0 aliphatic carbocycles. The number of hydrogen-bond donors (Lipinski definition) is 1. The zero-order valence-electron chi connectivity index (χ0n) is 17.4. The van der Waals surface area contributed by atoms with Gasteiger partial charge in [-0.05, 0) is 44.5 Å². The molecule has 4 rings (SSSR count). The minimum absolute atomic E-state index is 0.117. The number of rotatable bonds is 4. The molecule has 0 spiro atoms. The van der Waals surface area contributed by atoms with E-state index in [1.165, 1.54) is 0 Å². The van der Waals surface area contributed by atoms with Gasteiger partial charge in [-0.15, -0.1) is 0 Å². The lowest BCUT2D eigenvalue weighted by Gasteiger charge is -2.37. The molecular weight excluding hydrogens is 400 g/mol. The predicted octanol–water partition coefficient (Wildman–Crippen LogP) is 2.61. The van der Waals surface area contributed by atoms with Crippen molar-refractivity contribution in [2.75, 3.05) is 26.2 Å². The van der Waals surface area contributed by atoms with E-state index in [1.807, 2.05) is 51.1 Å². The number of nitrogens with zero attached hydrogens (tertiary/aromatic N) is 3. The fourth-order valence-corrected chi connectivity index (χ4v) is 5.66. The van der Waals surface area contributed by atoms with E-state index in [0.717, 1.165) is 11.1 Å². The first-order valence-corrected chi connectivity index (χ1v) is 11.5. The molecule has 2 heterocycles. The molecule has 1 aromatic heterocycles. The van der Waals surface area contributed by atoms with Crippen LogP contribution in [0.25, 0.3) is 10.9 Å². The average molecular weight is 427 g/mol. The number of aromatic nitrogens is 2. The zero-order valence-corrected chi connectivity index (χ0v) is 18.2. The molecule has 30 heavy (non-hydrogen) atoms. The van der Waals surface area contributed by atoms with Gasteiger partial charge >= 0.3 is 0 Å². The molecule has 1 atom stereocenters. The van der Waals surface area contributed by atoms with Gasteiger partial charge < -0.3 is 4.98 Å². The molecule has 0 amide bonds. The third kappa shape index (κ3) is 3.78. The topological polar surface area (TPSA) is 86.4 Å². The molecule has 0 saturated carbocycles. The lowest BCUT2D eigenvalue weighted by molar-refractivity contribution is 0.141. The number of aryl methyl sites for hydroxylation is 2. The number of piperazine rings is 1. The van der Waals surface area contributed by atoms with Crippen LogP contribution in [0, 0.1) is 13.8 Å². The van der Waals surface area contributed by atoms with Crippen LogP contribution in [0.4, 0.5) is 0 Å². The quantitative estimate of drug-likeness (QED) is 0.693. The van der Waals surface area contributed by atoms with Crippen LogP contribution in [-0.4, -0.2) is 53.8 Å². The molecule has 8 heteroatoms. The Hall–Kier alpha value is -2.55. The monoisotopic (exact) mass is 426 g/mol. The lowest BCUT2D eigenvalue weighted by Crippen LogP contribution is -2.49. The maximum Gasteiger partial charge on any atom is 0.258 e. The molecule has 0 bridgehead atoms. The molecule has 1 saturated heterocycles. The van der Waals surface area contributed by atoms with Crippen molar-refractivity contribution in [3.8, 4) is 0 Å². The van der Waals surface area contributed by atoms with Crippen molar-refractivity contribution >= 4 is 20.9 Å². The van der Waals surface area contributed by atoms with E-state index in [4.69, 9.17) is 0 Å². The summed E-state index contributed by atoms with van der Waals surface area (Å²) < 4.78 is 27.8. The Kier molecular flexibility index (Phi) is 5.48. The summed E-state index contributed by atoms with van der Waals surface area (Å²) in [5.41, 5.74) is 2.32. The second kappa shape index (κ2) is 7.94. The van der Waals surface area contributed by atoms with Crippen LogP contribution in [0.5, 0.6) is 0 Å². The molecule has 0 radical (unpaired) electrons. The van der Waals surface area contributed by atoms with Crippen LogP contribution < -0.4 is 5.56 Å². The number of hydrogen-bond acceptors (Lipinski definition) is 5. The number of H-pyrrole nitrogens is 1. The van der Waals surface area contributed by atoms with E-state index < -0.39 is 10.0 Å². The molecule has 158 valence electrons. The van der Waals surface area contributed by atoms with Crippen LogP contribution in [0.3, 0.4) is 0 Å². The van der Waals surface area contributed by atoms with E-state index in [2.05, 4.69) is 14.9 Å². The SMILES string of the molecule is Cc1ccc(S(=O)(=O)N2CCN(C(C)c3nc4ccccc4c(=O)[nH]3)CC2)c(C)c1. The highest BCUT2D eigenvalue weighted by atomic mass is 32.2. The van der Waals surface area contributed by atoms with Crippen LogP contribution in [0.15, 0.2) is 52.2 Å². The summed E-state index contributed by atoms with van der Waals surface area (Å²) in [7, 11) is -3.53. The Balaban J connectivity index is 1.51. The lowest BCUT2D eigenvalue weighted by atomic mass is 10.2. The highest BCUT2D eigenvalue weighted by Crippen LogP contribution is 2.25. The van der Waals surface area contributed by atoms with Crippen molar-refractivity contribution in [2.45, 2.75) is 31.7 Å². The fraction of sp³-hybridized carbons (Fsp3) is 0.364. The minimum Gasteiger partial charge on any atom is -0.309 e. The second-order valence-corrected chi connectivity index (χ2v) is 9.76. The molecule has 3 aromatic rings. The molecule has 1 aliphatic rings. The molecule has 1 N–H and O–H groups in total. The van der Waals surface area contributed by atoms with Gasteiger partial charge in [-0.2, -0.15) is 4.31 Å². The maximum absolute atomic E-state index is 13.1. The van der Waals surface area contributed by atoms with Gasteiger partial charge in [0.1, 0.15) is 5.82 Å². The number of fused-ring (bicyclic) bond motifs is 1. The second-order valence-electron chi connectivity index (χ2n) is 7.85. The number of nitrogens with one attached hydrogen (secondary N) is 1. The minimum atomic E-state index is -3.53. The summed E-state index contributed by atoms with van der Waals surface area (Å²) in [6, 6.07) is 12.6. The van der Waals surface area contributed by atoms with Crippen LogP contribution >= 0.6 is 0 Å². The van der Waals surface area contributed by atoms with Gasteiger partial charge in [-0.3, -0.25) is 9.69 Å². The fourth-order valence-electron chi connectivity index (χ4n) is 4.03. The standard InChI is InChI=1S/C22H26N4O3S/c1-15-8-9-20(16(2)14-15)30(28,29)26-12-10-25(11-13-26)17(3)21-23-19-7-5-4-6-18(19)22(27)24-21/h4-9,14,17H,10-13H2,1-3H3,(H,23,24,27). The molecule has 1 fully saturated rings. The first kappa shape index (κ1) is 20.7. The van der Waals surface area contributed by atoms with Gasteiger partial charge in [0.15, 0.2) is 0 Å². The Bertz CT molecular complexity index is 1240. The normalized spacial score (nSPS) is 17.3. The summed E-state index contributed by atoms with van der Waals surface area (Å²) in [5, 5.41) is 0.567. The highest BCUT2D eigenvalue weighted by Gasteiger charge is 2.31.